The fourth-order valence-electron chi connectivity index (χ4n) is 3.05. The zero-order valence-corrected chi connectivity index (χ0v) is 13.1. The summed E-state index contributed by atoms with van der Waals surface area (Å²) in [7, 11) is 1.58. The number of nitrogens with one attached hydrogen (secondary N) is 2. The number of nitrogens with zero attached hydrogens (tertiary/aromatic N) is 2. The predicted molar refractivity (Wildman–Crippen MR) is 86.0 cm³/mol. The van der Waals surface area contributed by atoms with Gasteiger partial charge in [0.1, 0.15) is 0 Å². The molecule has 2 N–H and O–H groups in total. The maximum atomic E-state index is 12.9. The average Bonchev–Trinajstić information content (AvgIpc) is 3.15. The molecule has 120 valence electrons. The second-order valence-electron chi connectivity index (χ2n) is 5.68. The normalized spacial score (nSPS) is 17.8. The molecule has 1 aliphatic heterocycles. The third kappa shape index (κ3) is 3.11. The van der Waals surface area contributed by atoms with Gasteiger partial charge in [-0.15, -0.1) is 0 Å². The third-order valence-corrected chi connectivity index (χ3v) is 4.24. The van der Waals surface area contributed by atoms with Crippen molar-refractivity contribution in [2.45, 2.75) is 25.3 Å². The van der Waals surface area contributed by atoms with Crippen molar-refractivity contribution < 1.29 is 9.59 Å². The molecule has 0 spiro atoms. The van der Waals surface area contributed by atoms with Crippen molar-refractivity contribution in [3.05, 3.63) is 53.3 Å². The minimum atomic E-state index is -0.191. The molecule has 1 aromatic carbocycles. The van der Waals surface area contributed by atoms with Gasteiger partial charge in [0, 0.05) is 30.9 Å². The topological polar surface area (TPSA) is 78.1 Å². The quantitative estimate of drug-likeness (QED) is 0.911. The number of benzene rings is 1. The van der Waals surface area contributed by atoms with E-state index in [9.17, 15) is 9.59 Å². The first-order valence-electron chi connectivity index (χ1n) is 7.83. The van der Waals surface area contributed by atoms with E-state index < -0.39 is 0 Å². The molecule has 1 aliphatic rings. The summed E-state index contributed by atoms with van der Waals surface area (Å²) in [6, 6.07) is 8.79. The molecule has 0 saturated carbocycles. The molecule has 2 aromatic rings. The number of hydrogen-bond acceptors (Lipinski definition) is 3. The highest BCUT2D eigenvalue weighted by molar-refractivity contribution is 5.99. The zero-order valence-electron chi connectivity index (χ0n) is 13.1. The number of likely N-dealkylation sites (tertiary alicyclic amines) is 1. The Bertz CT molecular complexity index is 696. The standard InChI is InChI=1S/C17H20N4O2/c1-18-16(22)12-5-4-6-13(11-12)17(23)21-10-3-2-7-15(21)14-8-9-19-20-14/h4-6,8-9,11,15H,2-3,7,10H2,1H3,(H,18,22)(H,19,20). The molecule has 1 saturated heterocycles. The Morgan fingerprint density at radius 1 is 1.26 bits per heavy atom. The second-order valence-corrected chi connectivity index (χ2v) is 5.68. The number of H-pyrrole nitrogens is 1. The number of carbonyl (C=O) groups excluding carboxylic acids is 2. The molecule has 2 heterocycles. The van der Waals surface area contributed by atoms with E-state index in [4.69, 9.17) is 0 Å². The Morgan fingerprint density at radius 2 is 2.09 bits per heavy atom. The van der Waals surface area contributed by atoms with Crippen LogP contribution in [-0.4, -0.2) is 40.5 Å². The number of aromatic nitrogens is 2. The summed E-state index contributed by atoms with van der Waals surface area (Å²) < 4.78 is 0. The smallest absolute Gasteiger partial charge is 0.254 e. The van der Waals surface area contributed by atoms with Gasteiger partial charge in [-0.3, -0.25) is 14.7 Å². The van der Waals surface area contributed by atoms with Crippen molar-refractivity contribution in [2.24, 2.45) is 0 Å². The Balaban J connectivity index is 1.87. The van der Waals surface area contributed by atoms with Crippen molar-refractivity contribution in [3.8, 4) is 0 Å². The summed E-state index contributed by atoms with van der Waals surface area (Å²) in [6.07, 6.45) is 4.71. The highest BCUT2D eigenvalue weighted by Crippen LogP contribution is 2.30. The molecule has 2 amide bonds. The number of piperidine rings is 1. The first-order chi connectivity index (χ1) is 11.2. The number of rotatable bonds is 3. The summed E-state index contributed by atoms with van der Waals surface area (Å²) in [5.41, 5.74) is 1.99. The molecule has 1 unspecified atom stereocenters. The lowest BCUT2D eigenvalue weighted by atomic mass is 9.98. The molecule has 1 fully saturated rings. The van der Waals surface area contributed by atoms with Crippen LogP contribution < -0.4 is 5.32 Å². The van der Waals surface area contributed by atoms with Gasteiger partial charge in [-0.05, 0) is 43.5 Å². The van der Waals surface area contributed by atoms with Crippen molar-refractivity contribution in [1.29, 1.82) is 0 Å². The first-order valence-corrected chi connectivity index (χ1v) is 7.83. The molecule has 0 aliphatic carbocycles. The monoisotopic (exact) mass is 312 g/mol. The van der Waals surface area contributed by atoms with E-state index in [0.717, 1.165) is 25.0 Å². The van der Waals surface area contributed by atoms with Gasteiger partial charge in [0.25, 0.3) is 11.8 Å². The summed E-state index contributed by atoms with van der Waals surface area (Å²) in [5, 5.41) is 9.55. The van der Waals surface area contributed by atoms with Crippen LogP contribution in [0.3, 0.4) is 0 Å². The summed E-state index contributed by atoms with van der Waals surface area (Å²) >= 11 is 0. The second kappa shape index (κ2) is 6.64. The van der Waals surface area contributed by atoms with E-state index in [1.807, 2.05) is 11.0 Å². The van der Waals surface area contributed by atoms with Crippen molar-refractivity contribution in [1.82, 2.24) is 20.4 Å². The van der Waals surface area contributed by atoms with Crippen LogP contribution in [0.15, 0.2) is 36.5 Å². The number of amides is 2. The van der Waals surface area contributed by atoms with Gasteiger partial charge in [-0.2, -0.15) is 5.10 Å². The van der Waals surface area contributed by atoms with Crippen molar-refractivity contribution in [3.63, 3.8) is 0 Å². The molecular weight excluding hydrogens is 292 g/mol. The first kappa shape index (κ1) is 15.3. The van der Waals surface area contributed by atoms with Crippen LogP contribution in [0.25, 0.3) is 0 Å². The van der Waals surface area contributed by atoms with Crippen LogP contribution >= 0.6 is 0 Å². The summed E-state index contributed by atoms with van der Waals surface area (Å²) in [4.78, 5) is 26.6. The van der Waals surface area contributed by atoms with Crippen LogP contribution in [0.1, 0.15) is 51.7 Å². The summed E-state index contributed by atoms with van der Waals surface area (Å²) in [6.45, 7) is 0.715. The van der Waals surface area contributed by atoms with E-state index in [0.29, 0.717) is 17.7 Å². The molecule has 1 atom stereocenters. The molecule has 3 rings (SSSR count). The van der Waals surface area contributed by atoms with E-state index in [1.54, 1.807) is 37.5 Å². The molecule has 1 aromatic heterocycles. The molecule has 23 heavy (non-hydrogen) atoms. The SMILES string of the molecule is CNC(=O)c1cccc(C(=O)N2CCCCC2c2ccn[nH]2)c1. The van der Waals surface area contributed by atoms with Gasteiger partial charge < -0.3 is 10.2 Å². The van der Waals surface area contributed by atoms with Gasteiger partial charge in [0.2, 0.25) is 0 Å². The predicted octanol–water partition coefficient (Wildman–Crippen LogP) is 2.14. The maximum Gasteiger partial charge on any atom is 0.254 e. The Kier molecular flexibility index (Phi) is 4.41. The molecule has 6 nitrogen and oxygen atoms in total. The van der Waals surface area contributed by atoms with Crippen LogP contribution in [0, 0.1) is 0 Å². The average molecular weight is 312 g/mol. The lowest BCUT2D eigenvalue weighted by Crippen LogP contribution is -2.38. The number of hydrogen-bond donors (Lipinski definition) is 2. The van der Waals surface area contributed by atoms with Crippen LogP contribution in [0.4, 0.5) is 0 Å². The third-order valence-electron chi connectivity index (χ3n) is 4.24. The van der Waals surface area contributed by atoms with Crippen molar-refractivity contribution in [2.75, 3.05) is 13.6 Å². The Hall–Kier alpha value is -2.63. The molecular formula is C17H20N4O2. The van der Waals surface area contributed by atoms with Gasteiger partial charge in [-0.25, -0.2) is 0 Å². The highest BCUT2D eigenvalue weighted by atomic mass is 16.2. The largest absolute Gasteiger partial charge is 0.355 e. The number of aromatic amines is 1. The van der Waals surface area contributed by atoms with Gasteiger partial charge in [0.15, 0.2) is 0 Å². The van der Waals surface area contributed by atoms with Crippen LogP contribution in [0.2, 0.25) is 0 Å². The minimum absolute atomic E-state index is 0.0161. The maximum absolute atomic E-state index is 12.9. The van der Waals surface area contributed by atoms with Gasteiger partial charge in [-0.1, -0.05) is 6.07 Å². The Morgan fingerprint density at radius 3 is 2.83 bits per heavy atom. The lowest BCUT2D eigenvalue weighted by Gasteiger charge is -2.35. The van der Waals surface area contributed by atoms with E-state index in [1.165, 1.54) is 0 Å². The highest BCUT2D eigenvalue weighted by Gasteiger charge is 2.29. The van der Waals surface area contributed by atoms with Gasteiger partial charge in [0.05, 0.1) is 11.7 Å². The Labute approximate surface area is 134 Å². The van der Waals surface area contributed by atoms with Crippen LogP contribution in [-0.2, 0) is 0 Å². The molecule has 0 bridgehead atoms. The van der Waals surface area contributed by atoms with E-state index in [-0.39, 0.29) is 17.9 Å². The van der Waals surface area contributed by atoms with Gasteiger partial charge >= 0.3 is 0 Å². The van der Waals surface area contributed by atoms with Crippen molar-refractivity contribution >= 4 is 11.8 Å². The summed E-state index contributed by atoms with van der Waals surface area (Å²) in [5.74, 6) is -0.238. The fraction of sp³-hybridized carbons (Fsp3) is 0.353. The minimum Gasteiger partial charge on any atom is -0.355 e. The van der Waals surface area contributed by atoms with Crippen LogP contribution in [0.5, 0.6) is 0 Å². The number of carbonyl (C=O) groups is 2. The zero-order chi connectivity index (χ0) is 16.2. The fourth-order valence-corrected chi connectivity index (χ4v) is 3.05. The lowest BCUT2D eigenvalue weighted by molar-refractivity contribution is 0.0606. The van der Waals surface area contributed by atoms with E-state index in [2.05, 4.69) is 15.5 Å². The van der Waals surface area contributed by atoms with E-state index >= 15 is 0 Å². The molecule has 6 heteroatoms. The molecule has 0 radical (unpaired) electrons.